The molecule has 3 N–H and O–H groups in total. The Morgan fingerprint density at radius 1 is 1.38 bits per heavy atom. The van der Waals surface area contributed by atoms with E-state index in [4.69, 9.17) is 4.42 Å². The van der Waals surface area contributed by atoms with Crippen LogP contribution in [0.15, 0.2) is 16.5 Å². The quantitative estimate of drug-likeness (QED) is 0.712. The number of rotatable bonds is 6. The van der Waals surface area contributed by atoms with Gasteiger partial charge in [0.25, 0.3) is 0 Å². The van der Waals surface area contributed by atoms with Crippen LogP contribution < -0.4 is 10.6 Å². The molecule has 1 aliphatic rings. The van der Waals surface area contributed by atoms with Crippen LogP contribution in [0.2, 0.25) is 0 Å². The largest absolute Gasteiger partial charge is 0.463 e. The summed E-state index contributed by atoms with van der Waals surface area (Å²) in [5, 5.41) is 16.1. The van der Waals surface area contributed by atoms with Gasteiger partial charge in [0.2, 0.25) is 0 Å². The van der Waals surface area contributed by atoms with Crippen LogP contribution in [0.25, 0.3) is 0 Å². The Labute approximate surface area is 144 Å². The molecule has 7 heteroatoms. The second-order valence-electron chi connectivity index (χ2n) is 7.02. The number of piperazine rings is 1. The number of urea groups is 1. The predicted molar refractivity (Wildman–Crippen MR) is 92.9 cm³/mol. The van der Waals surface area contributed by atoms with Crippen LogP contribution in [-0.4, -0.2) is 73.3 Å². The number of carbonyl (C=O) groups is 1. The lowest BCUT2D eigenvalue weighted by Crippen LogP contribution is -2.52. The molecule has 2 heterocycles. The molecule has 2 atom stereocenters. The molecule has 136 valence electrons. The van der Waals surface area contributed by atoms with Crippen molar-refractivity contribution in [2.24, 2.45) is 0 Å². The molecule has 0 radical (unpaired) electrons. The van der Waals surface area contributed by atoms with E-state index in [2.05, 4.69) is 27.5 Å². The molecular weight excluding hydrogens is 308 g/mol. The number of aliphatic hydroxyl groups is 1. The highest BCUT2D eigenvalue weighted by molar-refractivity contribution is 5.74. The third kappa shape index (κ3) is 5.51. The summed E-state index contributed by atoms with van der Waals surface area (Å²) in [7, 11) is 2.12. The first-order valence-corrected chi connectivity index (χ1v) is 8.51. The number of carbonyl (C=O) groups excluding carboxylic acids is 1. The molecule has 0 aromatic carbocycles. The van der Waals surface area contributed by atoms with Gasteiger partial charge in [0, 0.05) is 38.8 Å². The first-order valence-electron chi connectivity index (χ1n) is 8.51. The lowest BCUT2D eigenvalue weighted by molar-refractivity contribution is 0.0358. The molecule has 0 spiro atoms. The fourth-order valence-corrected chi connectivity index (χ4v) is 2.80. The van der Waals surface area contributed by atoms with Gasteiger partial charge in [-0.15, -0.1) is 0 Å². The van der Waals surface area contributed by atoms with E-state index in [-0.39, 0.29) is 18.6 Å². The van der Waals surface area contributed by atoms with Gasteiger partial charge in [-0.05, 0) is 40.0 Å². The number of nitrogens with one attached hydrogen (secondary N) is 2. The second-order valence-corrected chi connectivity index (χ2v) is 7.02. The molecule has 7 nitrogen and oxygen atoms in total. The smallest absolute Gasteiger partial charge is 0.315 e. The topological polar surface area (TPSA) is 81.0 Å². The summed E-state index contributed by atoms with van der Waals surface area (Å²) < 4.78 is 5.44. The monoisotopic (exact) mass is 338 g/mol. The molecule has 1 fully saturated rings. The summed E-state index contributed by atoms with van der Waals surface area (Å²) in [5.41, 5.74) is -1.23. The van der Waals surface area contributed by atoms with Gasteiger partial charge in [-0.25, -0.2) is 4.79 Å². The van der Waals surface area contributed by atoms with Gasteiger partial charge in [0.1, 0.15) is 17.1 Å². The van der Waals surface area contributed by atoms with E-state index in [0.29, 0.717) is 5.76 Å². The number of nitrogens with zero attached hydrogens (tertiary/aromatic N) is 2. The summed E-state index contributed by atoms with van der Waals surface area (Å²) in [4.78, 5) is 16.7. The molecular formula is C17H30N4O3. The zero-order chi connectivity index (χ0) is 17.7. The van der Waals surface area contributed by atoms with Crippen molar-refractivity contribution in [3.63, 3.8) is 0 Å². The first kappa shape index (κ1) is 18.8. The maximum Gasteiger partial charge on any atom is 0.315 e. The highest BCUT2D eigenvalue weighted by Crippen LogP contribution is 2.21. The Kier molecular flexibility index (Phi) is 6.26. The van der Waals surface area contributed by atoms with Gasteiger partial charge in [0.05, 0.1) is 6.54 Å². The summed E-state index contributed by atoms with van der Waals surface area (Å²) in [6.07, 6.45) is 0. The minimum Gasteiger partial charge on any atom is -0.463 e. The molecule has 0 saturated carbocycles. The Balaban J connectivity index is 1.72. The lowest BCUT2D eigenvalue weighted by Gasteiger charge is -2.34. The van der Waals surface area contributed by atoms with E-state index in [1.165, 1.54) is 0 Å². The average Bonchev–Trinajstić information content (AvgIpc) is 2.95. The number of aryl methyl sites for hydroxylation is 1. The SMILES string of the molecule is Cc1ccc(C(C)(O)CNC(=O)NC(C)CN2CCN(C)CC2)o1. The van der Waals surface area contributed by atoms with E-state index >= 15 is 0 Å². The van der Waals surface area contributed by atoms with Gasteiger partial charge in [-0.2, -0.15) is 0 Å². The predicted octanol–water partition coefficient (Wildman–Crippen LogP) is 0.731. The molecule has 2 amide bonds. The Morgan fingerprint density at radius 3 is 2.62 bits per heavy atom. The number of hydrogen-bond acceptors (Lipinski definition) is 5. The van der Waals surface area contributed by atoms with Crippen LogP contribution in [0.3, 0.4) is 0 Å². The van der Waals surface area contributed by atoms with Crippen LogP contribution in [0.5, 0.6) is 0 Å². The molecule has 1 saturated heterocycles. The maximum absolute atomic E-state index is 12.0. The van der Waals surface area contributed by atoms with Crippen molar-refractivity contribution < 1.29 is 14.3 Å². The fraction of sp³-hybridized carbons (Fsp3) is 0.706. The van der Waals surface area contributed by atoms with Crippen molar-refractivity contribution in [3.05, 3.63) is 23.7 Å². The van der Waals surface area contributed by atoms with Gasteiger partial charge in [-0.3, -0.25) is 4.90 Å². The highest BCUT2D eigenvalue weighted by atomic mass is 16.4. The van der Waals surface area contributed by atoms with Crippen molar-refractivity contribution in [1.29, 1.82) is 0 Å². The van der Waals surface area contributed by atoms with Crippen molar-refractivity contribution >= 4 is 6.03 Å². The molecule has 2 rings (SSSR count). The summed E-state index contributed by atoms with van der Waals surface area (Å²) in [6.45, 7) is 10.5. The maximum atomic E-state index is 12.0. The third-order valence-electron chi connectivity index (χ3n) is 4.37. The zero-order valence-electron chi connectivity index (χ0n) is 15.1. The van der Waals surface area contributed by atoms with Crippen LogP contribution >= 0.6 is 0 Å². The van der Waals surface area contributed by atoms with E-state index in [1.54, 1.807) is 19.1 Å². The van der Waals surface area contributed by atoms with Crippen molar-refractivity contribution in [1.82, 2.24) is 20.4 Å². The first-order chi connectivity index (χ1) is 11.3. The zero-order valence-corrected chi connectivity index (χ0v) is 15.1. The standard InChI is InChI=1S/C17H30N4O3/c1-13(11-21-9-7-20(4)8-10-21)19-16(22)18-12-17(3,23)15-6-5-14(2)24-15/h5-6,13,23H,7-12H2,1-4H3,(H2,18,19,22). The van der Waals surface area contributed by atoms with Crippen molar-refractivity contribution in [2.75, 3.05) is 46.3 Å². The van der Waals surface area contributed by atoms with Crippen LogP contribution in [0.1, 0.15) is 25.4 Å². The third-order valence-corrected chi connectivity index (χ3v) is 4.37. The summed E-state index contributed by atoms with van der Waals surface area (Å²) >= 11 is 0. The van der Waals surface area contributed by atoms with E-state index in [9.17, 15) is 9.90 Å². The molecule has 1 aliphatic heterocycles. The lowest BCUT2D eigenvalue weighted by atomic mass is 10.0. The van der Waals surface area contributed by atoms with Crippen LogP contribution in [-0.2, 0) is 5.60 Å². The molecule has 1 aromatic rings. The van der Waals surface area contributed by atoms with Crippen molar-refractivity contribution in [3.8, 4) is 0 Å². The molecule has 24 heavy (non-hydrogen) atoms. The number of amides is 2. The Hall–Kier alpha value is -1.57. The molecule has 0 aliphatic carbocycles. The normalized spacial score (nSPS) is 20.4. The number of hydrogen-bond donors (Lipinski definition) is 3. The minimum absolute atomic E-state index is 0.0456. The van der Waals surface area contributed by atoms with Crippen LogP contribution in [0.4, 0.5) is 4.79 Å². The molecule has 0 bridgehead atoms. The average molecular weight is 338 g/mol. The summed E-state index contributed by atoms with van der Waals surface area (Å²) in [5.74, 6) is 1.18. The minimum atomic E-state index is -1.23. The fourth-order valence-electron chi connectivity index (χ4n) is 2.80. The van der Waals surface area contributed by atoms with Gasteiger partial charge in [0.15, 0.2) is 0 Å². The van der Waals surface area contributed by atoms with E-state index < -0.39 is 5.60 Å². The van der Waals surface area contributed by atoms with Gasteiger partial charge >= 0.3 is 6.03 Å². The molecule has 2 unspecified atom stereocenters. The Bertz CT molecular complexity index is 536. The number of likely N-dealkylation sites (N-methyl/N-ethyl adjacent to an activating group) is 1. The second kappa shape index (κ2) is 8.00. The Morgan fingerprint density at radius 2 is 2.04 bits per heavy atom. The summed E-state index contributed by atoms with van der Waals surface area (Å²) in [6, 6.07) is 3.29. The highest BCUT2D eigenvalue weighted by Gasteiger charge is 2.27. The number of furan rings is 1. The van der Waals surface area contributed by atoms with Crippen LogP contribution in [0, 0.1) is 6.92 Å². The van der Waals surface area contributed by atoms with E-state index in [1.807, 2.05) is 13.8 Å². The van der Waals surface area contributed by atoms with Gasteiger partial charge < -0.3 is 25.1 Å². The van der Waals surface area contributed by atoms with E-state index in [0.717, 1.165) is 38.5 Å². The van der Waals surface area contributed by atoms with Crippen molar-refractivity contribution in [2.45, 2.75) is 32.4 Å². The molecule has 1 aromatic heterocycles. The van der Waals surface area contributed by atoms with Gasteiger partial charge in [-0.1, -0.05) is 0 Å².